The van der Waals surface area contributed by atoms with E-state index in [4.69, 9.17) is 4.74 Å². The van der Waals surface area contributed by atoms with Gasteiger partial charge in [0.15, 0.2) is 11.6 Å². The van der Waals surface area contributed by atoms with Crippen LogP contribution >= 0.6 is 0 Å². The molecule has 2 nitrogen and oxygen atoms in total. The Balaban J connectivity index is 2.24. The molecule has 0 unspecified atom stereocenters. The molecule has 0 radical (unpaired) electrons. The number of aliphatic hydroxyl groups is 1. The van der Waals surface area contributed by atoms with E-state index in [0.717, 1.165) is 5.56 Å². The van der Waals surface area contributed by atoms with Crippen molar-refractivity contribution in [3.05, 3.63) is 59.4 Å². The minimum absolute atomic E-state index is 0.157. The Bertz CT molecular complexity index is 550. The number of benzene rings is 2. The van der Waals surface area contributed by atoms with Crippen LogP contribution in [0.4, 0.5) is 4.39 Å². The zero-order valence-electron chi connectivity index (χ0n) is 10.4. The van der Waals surface area contributed by atoms with Gasteiger partial charge in [0.1, 0.15) is 5.75 Å². The fourth-order valence-electron chi connectivity index (χ4n) is 1.67. The summed E-state index contributed by atoms with van der Waals surface area (Å²) >= 11 is 0. The van der Waals surface area contributed by atoms with Crippen LogP contribution in [-0.4, -0.2) is 5.11 Å². The Morgan fingerprint density at radius 2 is 1.94 bits per heavy atom. The molecule has 1 atom stereocenters. The van der Waals surface area contributed by atoms with Crippen LogP contribution in [0.5, 0.6) is 11.5 Å². The number of ether oxygens (including phenoxy) is 1. The van der Waals surface area contributed by atoms with Gasteiger partial charge in [0.05, 0.1) is 6.10 Å². The highest BCUT2D eigenvalue weighted by Crippen LogP contribution is 2.27. The summed E-state index contributed by atoms with van der Waals surface area (Å²) < 4.78 is 19.2. The number of hydrogen-bond donors (Lipinski definition) is 1. The Labute approximate surface area is 106 Å². The summed E-state index contributed by atoms with van der Waals surface area (Å²) in [6.07, 6.45) is -0.687. The van der Waals surface area contributed by atoms with Gasteiger partial charge < -0.3 is 9.84 Å². The fourth-order valence-corrected chi connectivity index (χ4v) is 1.67. The average Bonchev–Trinajstić information content (AvgIpc) is 2.31. The van der Waals surface area contributed by atoms with E-state index >= 15 is 0 Å². The van der Waals surface area contributed by atoms with Crippen molar-refractivity contribution in [1.82, 2.24) is 0 Å². The van der Waals surface area contributed by atoms with E-state index < -0.39 is 11.9 Å². The number of halogens is 1. The highest BCUT2D eigenvalue weighted by molar-refractivity contribution is 5.36. The molecule has 0 heterocycles. The molecule has 3 heteroatoms. The predicted molar refractivity (Wildman–Crippen MR) is 68.3 cm³/mol. The molecule has 0 saturated carbocycles. The van der Waals surface area contributed by atoms with E-state index in [1.807, 2.05) is 25.1 Å². The predicted octanol–water partition coefficient (Wildman–Crippen LogP) is 3.98. The molecule has 0 aromatic heterocycles. The molecule has 2 aromatic rings. The molecule has 18 heavy (non-hydrogen) atoms. The number of rotatable bonds is 3. The first-order valence-electron chi connectivity index (χ1n) is 5.78. The highest BCUT2D eigenvalue weighted by atomic mass is 19.1. The molecule has 2 rings (SSSR count). The van der Waals surface area contributed by atoms with Crippen molar-refractivity contribution in [2.45, 2.75) is 20.0 Å². The third-order valence-corrected chi connectivity index (χ3v) is 2.66. The van der Waals surface area contributed by atoms with E-state index in [1.54, 1.807) is 19.1 Å². The van der Waals surface area contributed by atoms with Crippen LogP contribution in [0.2, 0.25) is 0 Å². The zero-order valence-corrected chi connectivity index (χ0v) is 10.4. The van der Waals surface area contributed by atoms with Crippen molar-refractivity contribution in [1.29, 1.82) is 0 Å². The molecular weight excluding hydrogens is 231 g/mol. The van der Waals surface area contributed by atoms with E-state index in [0.29, 0.717) is 11.3 Å². The third kappa shape index (κ3) is 2.87. The van der Waals surface area contributed by atoms with Gasteiger partial charge in [-0.2, -0.15) is 0 Å². The molecule has 0 saturated heterocycles. The smallest absolute Gasteiger partial charge is 0.166 e. The molecule has 0 bridgehead atoms. The second-order valence-electron chi connectivity index (χ2n) is 4.28. The van der Waals surface area contributed by atoms with Crippen LogP contribution in [-0.2, 0) is 0 Å². The Morgan fingerprint density at radius 1 is 1.17 bits per heavy atom. The SMILES string of the molecule is Cc1cccc(Oc2ccc([C@H](C)O)cc2F)c1. The monoisotopic (exact) mass is 246 g/mol. The molecular formula is C15H15FO2. The number of aryl methyl sites for hydroxylation is 1. The third-order valence-electron chi connectivity index (χ3n) is 2.66. The maximum absolute atomic E-state index is 13.8. The van der Waals surface area contributed by atoms with E-state index in [-0.39, 0.29) is 5.75 Å². The molecule has 0 amide bonds. The fraction of sp³-hybridized carbons (Fsp3) is 0.200. The standard InChI is InChI=1S/C15H15FO2/c1-10-4-3-5-13(8-10)18-15-7-6-12(11(2)17)9-14(15)16/h3-9,11,17H,1-2H3/t11-/m0/s1. The first-order chi connectivity index (χ1) is 8.56. The van der Waals surface area contributed by atoms with Crippen LogP contribution in [0.3, 0.4) is 0 Å². The molecule has 1 N–H and O–H groups in total. The van der Waals surface area contributed by atoms with Crippen LogP contribution in [0.25, 0.3) is 0 Å². The van der Waals surface area contributed by atoms with Gasteiger partial charge in [-0.15, -0.1) is 0 Å². The van der Waals surface area contributed by atoms with Crippen molar-refractivity contribution >= 4 is 0 Å². The molecule has 94 valence electrons. The van der Waals surface area contributed by atoms with Crippen LogP contribution in [0.15, 0.2) is 42.5 Å². The molecule has 0 spiro atoms. The Kier molecular flexibility index (Phi) is 3.63. The largest absolute Gasteiger partial charge is 0.454 e. The van der Waals surface area contributed by atoms with Crippen LogP contribution < -0.4 is 4.74 Å². The lowest BCUT2D eigenvalue weighted by Crippen LogP contribution is -1.94. The minimum atomic E-state index is -0.687. The topological polar surface area (TPSA) is 29.5 Å². The van der Waals surface area contributed by atoms with E-state index in [9.17, 15) is 9.50 Å². The second-order valence-corrected chi connectivity index (χ2v) is 4.28. The highest BCUT2D eigenvalue weighted by Gasteiger charge is 2.08. The van der Waals surface area contributed by atoms with Gasteiger partial charge in [0.25, 0.3) is 0 Å². The summed E-state index contributed by atoms with van der Waals surface area (Å²) in [6, 6.07) is 11.9. The van der Waals surface area contributed by atoms with Gasteiger partial charge >= 0.3 is 0 Å². The lowest BCUT2D eigenvalue weighted by Gasteiger charge is -2.10. The summed E-state index contributed by atoms with van der Waals surface area (Å²) in [7, 11) is 0. The molecule has 0 fully saturated rings. The molecule has 2 aromatic carbocycles. The first kappa shape index (κ1) is 12.6. The molecule has 0 aliphatic carbocycles. The molecule has 0 aliphatic heterocycles. The average molecular weight is 246 g/mol. The van der Waals surface area contributed by atoms with Crippen molar-refractivity contribution in [3.8, 4) is 11.5 Å². The minimum Gasteiger partial charge on any atom is -0.454 e. The molecule has 0 aliphatic rings. The summed E-state index contributed by atoms with van der Waals surface area (Å²) in [4.78, 5) is 0. The number of aliphatic hydroxyl groups excluding tert-OH is 1. The zero-order chi connectivity index (χ0) is 13.1. The Morgan fingerprint density at radius 3 is 2.56 bits per heavy atom. The van der Waals surface area contributed by atoms with Gasteiger partial charge in [-0.3, -0.25) is 0 Å². The maximum Gasteiger partial charge on any atom is 0.166 e. The van der Waals surface area contributed by atoms with Crippen LogP contribution in [0.1, 0.15) is 24.2 Å². The van der Waals surface area contributed by atoms with E-state index in [2.05, 4.69) is 0 Å². The first-order valence-corrected chi connectivity index (χ1v) is 5.78. The van der Waals surface area contributed by atoms with Gasteiger partial charge in [-0.05, 0) is 49.2 Å². The van der Waals surface area contributed by atoms with Gasteiger partial charge in [-0.1, -0.05) is 18.2 Å². The summed E-state index contributed by atoms with van der Waals surface area (Å²) in [6.45, 7) is 3.54. The lowest BCUT2D eigenvalue weighted by molar-refractivity contribution is 0.198. The van der Waals surface area contributed by atoms with Gasteiger partial charge in [0, 0.05) is 0 Å². The van der Waals surface area contributed by atoms with Crippen LogP contribution in [0, 0.1) is 12.7 Å². The normalized spacial score (nSPS) is 12.2. The van der Waals surface area contributed by atoms with Crippen molar-refractivity contribution < 1.29 is 14.2 Å². The Hall–Kier alpha value is -1.87. The van der Waals surface area contributed by atoms with Crippen molar-refractivity contribution in [3.63, 3.8) is 0 Å². The quantitative estimate of drug-likeness (QED) is 0.887. The van der Waals surface area contributed by atoms with Crippen molar-refractivity contribution in [2.24, 2.45) is 0 Å². The van der Waals surface area contributed by atoms with Gasteiger partial charge in [-0.25, -0.2) is 4.39 Å². The lowest BCUT2D eigenvalue weighted by atomic mass is 10.1. The maximum atomic E-state index is 13.8. The number of hydrogen-bond acceptors (Lipinski definition) is 2. The van der Waals surface area contributed by atoms with Gasteiger partial charge in [0.2, 0.25) is 0 Å². The van der Waals surface area contributed by atoms with E-state index in [1.165, 1.54) is 12.1 Å². The second kappa shape index (κ2) is 5.19. The van der Waals surface area contributed by atoms with Crippen molar-refractivity contribution in [2.75, 3.05) is 0 Å². The summed E-state index contributed by atoms with van der Waals surface area (Å²) in [5, 5.41) is 9.36. The summed E-state index contributed by atoms with van der Waals surface area (Å²) in [5.41, 5.74) is 1.58. The summed E-state index contributed by atoms with van der Waals surface area (Å²) in [5.74, 6) is 0.276.